The molecule has 2 aromatic carbocycles. The zero-order valence-electron chi connectivity index (χ0n) is 13.8. The summed E-state index contributed by atoms with van der Waals surface area (Å²) in [5.41, 5.74) is 2.19. The van der Waals surface area contributed by atoms with E-state index in [-0.39, 0.29) is 19.0 Å². The molecule has 0 fully saturated rings. The molecule has 130 valence electrons. The van der Waals surface area contributed by atoms with Crippen LogP contribution in [0.2, 0.25) is 5.02 Å². The van der Waals surface area contributed by atoms with Crippen LogP contribution >= 0.6 is 11.6 Å². The van der Waals surface area contributed by atoms with E-state index in [2.05, 4.69) is 5.32 Å². The Hall–Kier alpha value is -2.73. The van der Waals surface area contributed by atoms with Gasteiger partial charge < -0.3 is 19.7 Å². The minimum atomic E-state index is -0.421. The van der Waals surface area contributed by atoms with Crippen molar-refractivity contribution in [1.82, 2.24) is 0 Å². The molecular weight excluding hydrogens is 344 g/mol. The van der Waals surface area contributed by atoms with Crippen LogP contribution in [0.15, 0.2) is 36.4 Å². The Morgan fingerprint density at radius 3 is 2.88 bits per heavy atom. The number of ether oxygens (including phenoxy) is 2. The maximum absolute atomic E-state index is 12.5. The van der Waals surface area contributed by atoms with Crippen LogP contribution in [0, 0.1) is 6.92 Å². The maximum atomic E-state index is 12.5. The van der Waals surface area contributed by atoms with Crippen LogP contribution in [0.4, 0.5) is 11.4 Å². The SMILES string of the molecule is COc1ccc(C)cc1NC(=O)CN1CC(=O)Oc2ccc(Cl)cc21. The standard InChI is InChI=1S/C18H17ClN2O4/c1-11-3-5-15(24-2)13(7-11)20-17(22)9-21-10-18(23)25-16-6-4-12(19)8-14(16)21/h3-8H,9-10H2,1-2H3,(H,20,22). The van der Waals surface area contributed by atoms with Gasteiger partial charge in [-0.1, -0.05) is 17.7 Å². The number of esters is 1. The Kier molecular flexibility index (Phi) is 4.81. The molecule has 1 aliphatic rings. The summed E-state index contributed by atoms with van der Waals surface area (Å²) in [6, 6.07) is 10.4. The van der Waals surface area contributed by atoms with Gasteiger partial charge in [-0.2, -0.15) is 0 Å². The molecule has 0 radical (unpaired) electrons. The summed E-state index contributed by atoms with van der Waals surface area (Å²) in [7, 11) is 1.54. The molecular formula is C18H17ClN2O4. The Morgan fingerprint density at radius 1 is 1.32 bits per heavy atom. The van der Waals surface area contributed by atoms with Crippen molar-refractivity contribution in [1.29, 1.82) is 0 Å². The lowest BCUT2D eigenvalue weighted by Gasteiger charge is -2.29. The number of hydrogen-bond donors (Lipinski definition) is 1. The second kappa shape index (κ2) is 7.03. The van der Waals surface area contributed by atoms with Gasteiger partial charge in [-0.15, -0.1) is 0 Å². The first-order valence-electron chi connectivity index (χ1n) is 7.66. The van der Waals surface area contributed by atoms with Crippen molar-refractivity contribution in [2.24, 2.45) is 0 Å². The molecule has 25 heavy (non-hydrogen) atoms. The minimum Gasteiger partial charge on any atom is -0.495 e. The van der Waals surface area contributed by atoms with Crippen LogP contribution in [0.5, 0.6) is 11.5 Å². The number of fused-ring (bicyclic) bond motifs is 1. The molecule has 1 amide bonds. The van der Waals surface area contributed by atoms with E-state index in [1.54, 1.807) is 36.3 Å². The van der Waals surface area contributed by atoms with Gasteiger partial charge >= 0.3 is 5.97 Å². The summed E-state index contributed by atoms with van der Waals surface area (Å²) in [5, 5.41) is 3.32. The number of amides is 1. The molecule has 6 nitrogen and oxygen atoms in total. The number of methoxy groups -OCH3 is 1. The second-order valence-corrected chi connectivity index (χ2v) is 6.13. The summed E-state index contributed by atoms with van der Waals surface area (Å²) >= 11 is 6.02. The Balaban J connectivity index is 1.79. The van der Waals surface area contributed by atoms with E-state index in [0.29, 0.717) is 27.9 Å². The second-order valence-electron chi connectivity index (χ2n) is 5.69. The van der Waals surface area contributed by atoms with Gasteiger partial charge in [0.25, 0.3) is 0 Å². The first-order chi connectivity index (χ1) is 12.0. The lowest BCUT2D eigenvalue weighted by Crippen LogP contribution is -2.41. The highest BCUT2D eigenvalue weighted by Gasteiger charge is 2.26. The topological polar surface area (TPSA) is 67.9 Å². The number of rotatable bonds is 4. The molecule has 0 spiro atoms. The van der Waals surface area contributed by atoms with Crippen LogP contribution in [0.3, 0.4) is 0 Å². The van der Waals surface area contributed by atoms with E-state index < -0.39 is 5.97 Å². The number of benzene rings is 2. The molecule has 1 aliphatic heterocycles. The molecule has 0 saturated heterocycles. The van der Waals surface area contributed by atoms with E-state index >= 15 is 0 Å². The van der Waals surface area contributed by atoms with E-state index in [0.717, 1.165) is 5.56 Å². The fourth-order valence-corrected chi connectivity index (χ4v) is 2.81. The molecule has 0 bridgehead atoms. The largest absolute Gasteiger partial charge is 0.495 e. The summed E-state index contributed by atoms with van der Waals surface area (Å²) < 4.78 is 10.4. The maximum Gasteiger partial charge on any atom is 0.331 e. The normalized spacial score (nSPS) is 13.1. The first kappa shape index (κ1) is 17.1. The molecule has 2 aromatic rings. The Bertz CT molecular complexity index is 838. The average molecular weight is 361 g/mol. The van der Waals surface area contributed by atoms with Crippen LogP contribution in [0.25, 0.3) is 0 Å². The van der Waals surface area contributed by atoms with Gasteiger partial charge in [0.05, 0.1) is 25.0 Å². The third-order valence-electron chi connectivity index (χ3n) is 3.77. The highest BCUT2D eigenvalue weighted by Crippen LogP contribution is 2.34. The zero-order chi connectivity index (χ0) is 18.0. The lowest BCUT2D eigenvalue weighted by molar-refractivity contribution is -0.133. The fourth-order valence-electron chi connectivity index (χ4n) is 2.64. The number of halogens is 1. The summed E-state index contributed by atoms with van der Waals surface area (Å²) in [6.45, 7) is 1.89. The number of nitrogens with zero attached hydrogens (tertiary/aromatic N) is 1. The van der Waals surface area contributed by atoms with Crippen molar-refractivity contribution in [2.75, 3.05) is 30.4 Å². The third-order valence-corrected chi connectivity index (χ3v) is 4.00. The van der Waals surface area contributed by atoms with Gasteiger partial charge in [0.1, 0.15) is 12.3 Å². The van der Waals surface area contributed by atoms with Gasteiger partial charge in [-0.05, 0) is 42.8 Å². The van der Waals surface area contributed by atoms with Gasteiger partial charge in [0, 0.05) is 5.02 Å². The van der Waals surface area contributed by atoms with Gasteiger partial charge in [-0.3, -0.25) is 4.79 Å². The molecule has 3 rings (SSSR count). The van der Waals surface area contributed by atoms with Gasteiger partial charge in [0.2, 0.25) is 5.91 Å². The Morgan fingerprint density at radius 2 is 2.12 bits per heavy atom. The van der Waals surface area contributed by atoms with Crippen LogP contribution in [-0.4, -0.2) is 32.1 Å². The van der Waals surface area contributed by atoms with Gasteiger partial charge in [-0.25, -0.2) is 4.79 Å². The zero-order valence-corrected chi connectivity index (χ0v) is 14.6. The molecule has 0 saturated carbocycles. The van der Waals surface area contributed by atoms with Crippen LogP contribution < -0.4 is 19.7 Å². The highest BCUT2D eigenvalue weighted by molar-refractivity contribution is 6.31. The molecule has 0 unspecified atom stereocenters. The molecule has 0 aliphatic carbocycles. The monoisotopic (exact) mass is 360 g/mol. The number of carbonyl (C=O) groups is 2. The molecule has 0 atom stereocenters. The number of anilines is 2. The van der Waals surface area contributed by atoms with Crippen molar-refractivity contribution in [3.63, 3.8) is 0 Å². The van der Waals surface area contributed by atoms with E-state index in [1.807, 2.05) is 19.1 Å². The third kappa shape index (κ3) is 3.85. The number of aryl methyl sites for hydroxylation is 1. The smallest absolute Gasteiger partial charge is 0.331 e. The molecule has 0 aromatic heterocycles. The predicted octanol–water partition coefficient (Wildman–Crippen LogP) is 3.02. The quantitative estimate of drug-likeness (QED) is 0.670. The first-order valence-corrected chi connectivity index (χ1v) is 8.04. The minimum absolute atomic E-state index is 0.0143. The number of nitrogens with one attached hydrogen (secondary N) is 1. The summed E-state index contributed by atoms with van der Waals surface area (Å²) in [4.78, 5) is 25.9. The fraction of sp³-hybridized carbons (Fsp3) is 0.222. The molecule has 7 heteroatoms. The van der Waals surface area contributed by atoms with Crippen LogP contribution in [-0.2, 0) is 9.59 Å². The van der Waals surface area contributed by atoms with Crippen molar-refractivity contribution in [3.8, 4) is 11.5 Å². The van der Waals surface area contributed by atoms with Crippen LogP contribution in [0.1, 0.15) is 5.56 Å². The van der Waals surface area contributed by atoms with Crippen molar-refractivity contribution >= 4 is 34.9 Å². The lowest BCUT2D eigenvalue weighted by atomic mass is 10.2. The molecule has 1 N–H and O–H groups in total. The van der Waals surface area contributed by atoms with E-state index in [4.69, 9.17) is 21.1 Å². The highest BCUT2D eigenvalue weighted by atomic mass is 35.5. The summed E-state index contributed by atoms with van der Waals surface area (Å²) in [6.07, 6.45) is 0. The van der Waals surface area contributed by atoms with Crippen molar-refractivity contribution in [2.45, 2.75) is 6.92 Å². The van der Waals surface area contributed by atoms with Gasteiger partial charge in [0.15, 0.2) is 5.75 Å². The van der Waals surface area contributed by atoms with E-state index in [1.165, 1.54) is 0 Å². The van der Waals surface area contributed by atoms with Crippen molar-refractivity contribution in [3.05, 3.63) is 47.0 Å². The molecule has 1 heterocycles. The number of hydrogen-bond acceptors (Lipinski definition) is 5. The summed E-state index contributed by atoms with van der Waals surface area (Å²) in [5.74, 6) is 0.266. The predicted molar refractivity (Wildman–Crippen MR) is 95.7 cm³/mol. The van der Waals surface area contributed by atoms with Crippen molar-refractivity contribution < 1.29 is 19.1 Å². The number of carbonyl (C=O) groups excluding carboxylic acids is 2. The average Bonchev–Trinajstić information content (AvgIpc) is 2.55. The Labute approximate surface area is 150 Å². The van der Waals surface area contributed by atoms with E-state index in [9.17, 15) is 9.59 Å².